The molecule has 0 saturated carbocycles. The van der Waals surface area contributed by atoms with Gasteiger partial charge in [-0.25, -0.2) is 0 Å². The van der Waals surface area contributed by atoms with Gasteiger partial charge in [0, 0.05) is 12.6 Å². The molecule has 0 aliphatic carbocycles. The van der Waals surface area contributed by atoms with E-state index in [0.29, 0.717) is 6.04 Å². The highest BCUT2D eigenvalue weighted by Gasteiger charge is 2.11. The second-order valence-electron chi connectivity index (χ2n) is 2.43. The lowest BCUT2D eigenvalue weighted by atomic mass is 10.2. The minimum absolute atomic E-state index is 0.709. The minimum atomic E-state index is 0.709. The Hall–Kier alpha value is -0.300. The van der Waals surface area contributed by atoms with Crippen molar-refractivity contribution in [1.29, 1.82) is 0 Å². The van der Waals surface area contributed by atoms with Crippen LogP contribution in [0.15, 0.2) is 11.6 Å². The van der Waals surface area contributed by atoms with Crippen LogP contribution in [0.2, 0.25) is 0 Å². The number of nitrogens with one attached hydrogen (secondary N) is 1. The Morgan fingerprint density at radius 2 is 2.50 bits per heavy atom. The fourth-order valence-corrected chi connectivity index (χ4v) is 1.06. The smallest absolute Gasteiger partial charge is 0.0167 e. The van der Waals surface area contributed by atoms with Gasteiger partial charge in [0.25, 0.3) is 0 Å². The molecule has 0 aromatic heterocycles. The van der Waals surface area contributed by atoms with Crippen LogP contribution in [0.4, 0.5) is 0 Å². The maximum Gasteiger partial charge on any atom is 0.0167 e. The van der Waals surface area contributed by atoms with Crippen molar-refractivity contribution in [3.05, 3.63) is 11.6 Å². The van der Waals surface area contributed by atoms with E-state index in [-0.39, 0.29) is 0 Å². The van der Waals surface area contributed by atoms with E-state index < -0.39 is 0 Å². The first kappa shape index (κ1) is 5.83. The van der Waals surface area contributed by atoms with Gasteiger partial charge in [-0.2, -0.15) is 0 Å². The van der Waals surface area contributed by atoms with Crippen LogP contribution < -0.4 is 5.32 Å². The summed E-state index contributed by atoms with van der Waals surface area (Å²) in [6.45, 7) is 5.43. The molecule has 1 nitrogen and oxygen atoms in total. The third-order valence-corrected chi connectivity index (χ3v) is 1.65. The Balaban J connectivity index is 2.44. The molecule has 46 valence electrons. The van der Waals surface area contributed by atoms with Crippen molar-refractivity contribution in [2.75, 3.05) is 6.54 Å². The van der Waals surface area contributed by atoms with Gasteiger partial charge in [-0.15, -0.1) is 0 Å². The van der Waals surface area contributed by atoms with E-state index in [1.807, 2.05) is 0 Å². The summed E-state index contributed by atoms with van der Waals surface area (Å²) in [7, 11) is 0. The van der Waals surface area contributed by atoms with E-state index in [1.165, 1.54) is 6.42 Å². The Bertz CT molecular complexity index is 105. The first-order valence-corrected chi connectivity index (χ1v) is 3.20. The number of allylic oxidation sites excluding steroid dienone is 1. The van der Waals surface area contributed by atoms with Gasteiger partial charge >= 0.3 is 0 Å². The molecule has 1 rings (SSSR count). The Morgan fingerprint density at radius 1 is 1.75 bits per heavy atom. The molecule has 1 heteroatoms. The van der Waals surface area contributed by atoms with Crippen molar-refractivity contribution in [3.63, 3.8) is 0 Å². The average molecular weight is 111 g/mol. The zero-order chi connectivity index (χ0) is 5.98. The van der Waals surface area contributed by atoms with Crippen molar-refractivity contribution in [3.8, 4) is 0 Å². The molecule has 0 radical (unpaired) electrons. The summed E-state index contributed by atoms with van der Waals surface area (Å²) in [5, 5.41) is 3.35. The van der Waals surface area contributed by atoms with E-state index in [1.54, 1.807) is 5.57 Å². The van der Waals surface area contributed by atoms with Crippen molar-refractivity contribution >= 4 is 0 Å². The quantitative estimate of drug-likeness (QED) is 0.465. The highest BCUT2D eigenvalue weighted by atomic mass is 14.9. The average Bonchev–Trinajstić information content (AvgIpc) is 2.14. The molecule has 1 N–H and O–H groups in total. The minimum Gasteiger partial charge on any atom is -0.310 e. The highest BCUT2D eigenvalue weighted by Crippen LogP contribution is 2.10. The van der Waals surface area contributed by atoms with Crippen LogP contribution in [0, 0.1) is 0 Å². The van der Waals surface area contributed by atoms with Gasteiger partial charge in [-0.1, -0.05) is 11.6 Å². The molecule has 1 fully saturated rings. The van der Waals surface area contributed by atoms with E-state index in [9.17, 15) is 0 Å². The Kier molecular flexibility index (Phi) is 1.69. The van der Waals surface area contributed by atoms with Crippen molar-refractivity contribution in [1.82, 2.24) is 5.32 Å². The van der Waals surface area contributed by atoms with Gasteiger partial charge in [0.15, 0.2) is 0 Å². The zero-order valence-corrected chi connectivity index (χ0v) is 5.57. The molecule has 0 spiro atoms. The summed E-state index contributed by atoms with van der Waals surface area (Å²) >= 11 is 0. The number of hydrogen-bond donors (Lipinski definition) is 1. The molecule has 0 aromatic carbocycles. The van der Waals surface area contributed by atoms with Gasteiger partial charge in [-0.05, 0) is 20.3 Å². The van der Waals surface area contributed by atoms with Gasteiger partial charge in [0.1, 0.15) is 0 Å². The van der Waals surface area contributed by atoms with Gasteiger partial charge in [0.2, 0.25) is 0 Å². The monoisotopic (exact) mass is 111 g/mol. The fraction of sp³-hybridized carbons (Fsp3) is 0.714. The second-order valence-corrected chi connectivity index (χ2v) is 2.43. The molecule has 0 unspecified atom stereocenters. The summed E-state index contributed by atoms with van der Waals surface area (Å²) in [6, 6.07) is 0.709. The summed E-state index contributed by atoms with van der Waals surface area (Å²) in [6.07, 6.45) is 3.45. The Labute approximate surface area is 50.8 Å². The van der Waals surface area contributed by atoms with E-state index in [0.717, 1.165) is 6.54 Å². The zero-order valence-electron chi connectivity index (χ0n) is 5.57. The van der Waals surface area contributed by atoms with Crippen LogP contribution in [0.25, 0.3) is 0 Å². The van der Waals surface area contributed by atoms with Gasteiger partial charge in [-0.3, -0.25) is 0 Å². The van der Waals surface area contributed by atoms with Crippen molar-refractivity contribution in [2.45, 2.75) is 26.3 Å². The van der Waals surface area contributed by atoms with Crippen molar-refractivity contribution < 1.29 is 0 Å². The summed E-state index contributed by atoms with van der Waals surface area (Å²) in [5.41, 5.74) is 1.55. The summed E-state index contributed by atoms with van der Waals surface area (Å²) in [5.74, 6) is 0. The molecular formula is C7H13N. The number of hydrogen-bond acceptors (Lipinski definition) is 1. The van der Waals surface area contributed by atoms with Crippen LogP contribution >= 0.6 is 0 Å². The second kappa shape index (κ2) is 2.31. The summed E-state index contributed by atoms with van der Waals surface area (Å²) < 4.78 is 0. The highest BCUT2D eigenvalue weighted by molar-refractivity contribution is 5.09. The van der Waals surface area contributed by atoms with E-state index in [4.69, 9.17) is 0 Å². The van der Waals surface area contributed by atoms with Crippen LogP contribution in [-0.4, -0.2) is 12.6 Å². The van der Waals surface area contributed by atoms with Gasteiger partial charge in [0.05, 0.1) is 0 Å². The topological polar surface area (TPSA) is 12.0 Å². The number of rotatable bonds is 0. The predicted octanol–water partition coefficient (Wildman–Crippen LogP) is 1.31. The maximum absolute atomic E-state index is 3.35. The molecule has 1 heterocycles. The first-order chi connectivity index (χ1) is 3.83. The lowest BCUT2D eigenvalue weighted by Crippen LogP contribution is -2.16. The van der Waals surface area contributed by atoms with Crippen LogP contribution in [0.1, 0.15) is 20.3 Å². The molecule has 0 aromatic rings. The van der Waals surface area contributed by atoms with Crippen LogP contribution in [-0.2, 0) is 0 Å². The third kappa shape index (κ3) is 1.10. The molecule has 1 saturated heterocycles. The molecular weight excluding hydrogens is 98.1 g/mol. The van der Waals surface area contributed by atoms with Crippen LogP contribution in [0.5, 0.6) is 0 Å². The Morgan fingerprint density at radius 3 is 2.75 bits per heavy atom. The largest absolute Gasteiger partial charge is 0.310 e. The maximum atomic E-state index is 3.35. The molecule has 8 heavy (non-hydrogen) atoms. The fourth-order valence-electron chi connectivity index (χ4n) is 1.06. The lowest BCUT2D eigenvalue weighted by molar-refractivity contribution is 0.667. The molecule has 1 aliphatic rings. The summed E-state index contributed by atoms with van der Waals surface area (Å²) in [4.78, 5) is 0. The van der Waals surface area contributed by atoms with Gasteiger partial charge < -0.3 is 5.32 Å². The third-order valence-electron chi connectivity index (χ3n) is 1.65. The molecule has 1 atom stereocenters. The molecule has 1 aliphatic heterocycles. The first-order valence-electron chi connectivity index (χ1n) is 3.20. The molecule has 0 bridgehead atoms. The van der Waals surface area contributed by atoms with E-state index >= 15 is 0 Å². The SMILES string of the molecule is C/C=C1\CN[C@H](C)C1. The predicted molar refractivity (Wildman–Crippen MR) is 35.8 cm³/mol. The van der Waals surface area contributed by atoms with E-state index in [2.05, 4.69) is 25.2 Å². The molecule has 0 amide bonds. The normalized spacial score (nSPS) is 34.2. The lowest BCUT2D eigenvalue weighted by Gasteiger charge is -1.94. The van der Waals surface area contributed by atoms with Crippen molar-refractivity contribution in [2.24, 2.45) is 0 Å². The van der Waals surface area contributed by atoms with Crippen LogP contribution in [0.3, 0.4) is 0 Å². The standard InChI is InChI=1S/C7H13N/c1-3-7-4-6(2)8-5-7/h3,6,8H,4-5H2,1-2H3/b7-3-/t6-/m1/s1.